The van der Waals surface area contributed by atoms with Gasteiger partial charge in [-0.3, -0.25) is 9.59 Å². The van der Waals surface area contributed by atoms with Crippen LogP contribution in [0.15, 0.2) is 18.2 Å². The predicted molar refractivity (Wildman–Crippen MR) is 91.1 cm³/mol. The molecule has 1 atom stereocenters. The maximum Gasteiger partial charge on any atom is 0.224 e. The number of carbonyl (C=O) groups excluding carboxylic acids is 2. The van der Waals surface area contributed by atoms with E-state index in [-0.39, 0.29) is 23.9 Å². The van der Waals surface area contributed by atoms with Crippen molar-refractivity contribution in [2.75, 3.05) is 25.7 Å². The van der Waals surface area contributed by atoms with Crippen LogP contribution >= 0.6 is 0 Å². The first-order chi connectivity index (χ1) is 11.2. The molecule has 1 unspecified atom stereocenters. The molecule has 1 aliphatic rings. The van der Waals surface area contributed by atoms with Gasteiger partial charge in [-0.05, 0) is 43.5 Å². The van der Waals surface area contributed by atoms with E-state index in [1.807, 2.05) is 6.92 Å². The summed E-state index contributed by atoms with van der Waals surface area (Å²) in [5.41, 5.74) is 1.40. The van der Waals surface area contributed by atoms with E-state index >= 15 is 0 Å². The molecule has 132 valence electrons. The van der Waals surface area contributed by atoms with Gasteiger partial charge < -0.3 is 9.64 Å². The van der Waals surface area contributed by atoms with Gasteiger partial charge in [-0.15, -0.1) is 0 Å². The number of hydrogen-bond acceptors (Lipinski definition) is 5. The Hall–Kier alpha value is -1.89. The zero-order chi connectivity index (χ0) is 17.9. The summed E-state index contributed by atoms with van der Waals surface area (Å²) in [5, 5.41) is 0. The van der Waals surface area contributed by atoms with Gasteiger partial charge in [0.25, 0.3) is 0 Å². The summed E-state index contributed by atoms with van der Waals surface area (Å²) in [5.74, 6) is 0.136. The first-order valence-corrected chi connectivity index (χ1v) is 9.95. The van der Waals surface area contributed by atoms with E-state index in [2.05, 4.69) is 0 Å². The maximum atomic E-state index is 12.8. The molecule has 0 spiro atoms. The fourth-order valence-corrected chi connectivity index (χ4v) is 3.52. The lowest BCUT2D eigenvalue weighted by atomic mass is 10.00. The highest BCUT2D eigenvalue weighted by Gasteiger charge is 2.34. The van der Waals surface area contributed by atoms with Gasteiger partial charge in [0, 0.05) is 24.8 Å². The Morgan fingerprint density at radius 1 is 1.33 bits per heavy atom. The monoisotopic (exact) mass is 353 g/mol. The minimum atomic E-state index is -3.20. The van der Waals surface area contributed by atoms with E-state index in [1.165, 1.54) is 4.90 Å². The number of benzene rings is 1. The van der Waals surface area contributed by atoms with Crippen molar-refractivity contribution in [1.82, 2.24) is 4.90 Å². The topological polar surface area (TPSA) is 80.8 Å². The Balaban J connectivity index is 2.13. The van der Waals surface area contributed by atoms with Gasteiger partial charge in [0.2, 0.25) is 5.91 Å². The summed E-state index contributed by atoms with van der Waals surface area (Å²) >= 11 is 0. The minimum absolute atomic E-state index is 0.0791. The lowest BCUT2D eigenvalue weighted by molar-refractivity contribution is -0.130. The molecule has 1 aliphatic heterocycles. The van der Waals surface area contributed by atoms with Crippen molar-refractivity contribution in [2.45, 2.75) is 32.2 Å². The van der Waals surface area contributed by atoms with E-state index in [0.29, 0.717) is 24.3 Å². The number of amides is 1. The molecule has 2 rings (SSSR count). The van der Waals surface area contributed by atoms with Crippen molar-refractivity contribution in [3.63, 3.8) is 0 Å². The van der Waals surface area contributed by atoms with Crippen LogP contribution < -0.4 is 4.74 Å². The number of Topliss-reactive ketones (excluding diaryl/α,β-unsaturated/α-hetero) is 1. The normalized spacial score (nSPS) is 17.8. The minimum Gasteiger partial charge on any atom is -0.496 e. The lowest BCUT2D eigenvalue weighted by Gasteiger charge is -2.24. The van der Waals surface area contributed by atoms with E-state index in [0.717, 1.165) is 18.2 Å². The van der Waals surface area contributed by atoms with Gasteiger partial charge in [0.1, 0.15) is 15.6 Å². The largest absolute Gasteiger partial charge is 0.496 e. The lowest BCUT2D eigenvalue weighted by Crippen LogP contribution is -2.41. The number of rotatable bonds is 6. The number of hydrogen-bond donors (Lipinski definition) is 0. The molecule has 1 fully saturated rings. The second-order valence-corrected chi connectivity index (χ2v) is 8.43. The van der Waals surface area contributed by atoms with Crippen LogP contribution in [0.3, 0.4) is 0 Å². The fourth-order valence-electron chi connectivity index (χ4n) is 2.98. The second kappa shape index (κ2) is 7.34. The average molecular weight is 353 g/mol. The number of sulfone groups is 1. The number of likely N-dealkylation sites (tertiary alicyclic amines) is 1. The van der Waals surface area contributed by atoms with Gasteiger partial charge in [0.05, 0.1) is 18.9 Å². The molecule has 1 aromatic carbocycles. The van der Waals surface area contributed by atoms with E-state index < -0.39 is 15.9 Å². The van der Waals surface area contributed by atoms with Crippen molar-refractivity contribution >= 4 is 21.5 Å². The Labute approximate surface area is 142 Å². The van der Waals surface area contributed by atoms with Gasteiger partial charge in [-0.1, -0.05) is 0 Å². The van der Waals surface area contributed by atoms with Crippen LogP contribution in [0.25, 0.3) is 0 Å². The molecule has 0 aromatic heterocycles. The van der Waals surface area contributed by atoms with Gasteiger partial charge in [-0.2, -0.15) is 0 Å². The Morgan fingerprint density at radius 2 is 2.04 bits per heavy atom. The van der Waals surface area contributed by atoms with Crippen molar-refractivity contribution in [3.8, 4) is 5.75 Å². The number of aryl methyl sites for hydroxylation is 1. The zero-order valence-corrected chi connectivity index (χ0v) is 15.1. The molecule has 1 aromatic rings. The molecule has 0 bridgehead atoms. The van der Waals surface area contributed by atoms with Crippen molar-refractivity contribution < 1.29 is 22.7 Å². The molecule has 1 saturated heterocycles. The van der Waals surface area contributed by atoms with E-state index in [1.54, 1.807) is 25.3 Å². The maximum absolute atomic E-state index is 12.8. The highest BCUT2D eigenvalue weighted by atomic mass is 32.2. The van der Waals surface area contributed by atoms with Gasteiger partial charge in [0.15, 0.2) is 5.78 Å². The summed E-state index contributed by atoms with van der Waals surface area (Å²) in [6, 6.07) is 4.70. The standard InChI is InChI=1S/C17H23NO5S/c1-12-11-13(6-7-15(12)23-2)17(20)14-5-4-9-18(14)16(19)8-10-24(3,21)22/h6-7,11,14H,4-5,8-10H2,1-3H3. The molecule has 0 saturated carbocycles. The molecule has 7 heteroatoms. The second-order valence-electron chi connectivity index (χ2n) is 6.17. The third-order valence-corrected chi connectivity index (χ3v) is 5.19. The van der Waals surface area contributed by atoms with Crippen LogP contribution in [-0.4, -0.2) is 56.7 Å². The first-order valence-electron chi connectivity index (χ1n) is 7.89. The molecule has 1 heterocycles. The van der Waals surface area contributed by atoms with Crippen molar-refractivity contribution in [3.05, 3.63) is 29.3 Å². The Kier molecular flexibility index (Phi) is 5.64. The van der Waals surface area contributed by atoms with E-state index in [9.17, 15) is 18.0 Å². The molecular weight excluding hydrogens is 330 g/mol. The summed E-state index contributed by atoms with van der Waals surface area (Å²) < 4.78 is 27.7. The van der Waals surface area contributed by atoms with Gasteiger partial charge >= 0.3 is 0 Å². The third-order valence-electron chi connectivity index (χ3n) is 4.24. The summed E-state index contributed by atoms with van der Waals surface area (Å²) in [7, 11) is -1.63. The molecule has 1 amide bonds. The van der Waals surface area contributed by atoms with Crippen molar-refractivity contribution in [1.29, 1.82) is 0 Å². The molecule has 0 radical (unpaired) electrons. The quantitative estimate of drug-likeness (QED) is 0.726. The number of ketones is 1. The Bertz CT molecular complexity index is 741. The summed E-state index contributed by atoms with van der Waals surface area (Å²) in [6.45, 7) is 2.35. The predicted octanol–water partition coefficient (Wildman–Crippen LogP) is 1.61. The van der Waals surface area contributed by atoms with Crippen molar-refractivity contribution in [2.24, 2.45) is 0 Å². The fraction of sp³-hybridized carbons (Fsp3) is 0.529. The molecule has 24 heavy (non-hydrogen) atoms. The van der Waals surface area contributed by atoms with Gasteiger partial charge in [-0.25, -0.2) is 8.42 Å². The zero-order valence-electron chi connectivity index (χ0n) is 14.2. The number of carbonyl (C=O) groups is 2. The summed E-state index contributed by atoms with van der Waals surface area (Å²) in [6.07, 6.45) is 2.38. The third kappa shape index (κ3) is 4.35. The highest BCUT2D eigenvalue weighted by Crippen LogP contribution is 2.25. The SMILES string of the molecule is COc1ccc(C(=O)C2CCCN2C(=O)CCS(C)(=O)=O)cc1C. The smallest absolute Gasteiger partial charge is 0.224 e. The highest BCUT2D eigenvalue weighted by molar-refractivity contribution is 7.90. The van der Waals surface area contributed by atoms with E-state index in [4.69, 9.17) is 4.74 Å². The molecule has 0 N–H and O–H groups in total. The average Bonchev–Trinajstić information content (AvgIpc) is 3.00. The molecular formula is C17H23NO5S. The Morgan fingerprint density at radius 3 is 2.62 bits per heavy atom. The number of methoxy groups -OCH3 is 1. The summed E-state index contributed by atoms with van der Waals surface area (Å²) in [4.78, 5) is 26.6. The number of ether oxygens (including phenoxy) is 1. The molecule has 6 nitrogen and oxygen atoms in total. The molecule has 0 aliphatic carbocycles. The van der Waals surface area contributed by atoms with Crippen LogP contribution in [0.1, 0.15) is 35.2 Å². The first kappa shape index (κ1) is 18.4. The van der Waals surface area contributed by atoms with Crippen LogP contribution in [0.2, 0.25) is 0 Å². The van der Waals surface area contributed by atoms with Crippen LogP contribution in [0.5, 0.6) is 5.75 Å². The van der Waals surface area contributed by atoms with Crippen LogP contribution in [-0.2, 0) is 14.6 Å². The number of nitrogens with zero attached hydrogens (tertiary/aromatic N) is 1. The van der Waals surface area contributed by atoms with Crippen LogP contribution in [0.4, 0.5) is 0 Å². The van der Waals surface area contributed by atoms with Crippen LogP contribution in [0, 0.1) is 6.92 Å².